The molecule has 21 heavy (non-hydrogen) atoms. The van der Waals surface area contributed by atoms with E-state index in [0.717, 1.165) is 21.3 Å². The Hall–Kier alpha value is -2.01. The van der Waals surface area contributed by atoms with Gasteiger partial charge in [-0.2, -0.15) is 0 Å². The van der Waals surface area contributed by atoms with Gasteiger partial charge in [-0.1, -0.05) is 15.9 Å². The highest BCUT2D eigenvalue weighted by molar-refractivity contribution is 9.10. The molecular formula is C16H17BrN2O2. The van der Waals surface area contributed by atoms with Gasteiger partial charge < -0.3 is 15.8 Å². The van der Waals surface area contributed by atoms with Crippen molar-refractivity contribution in [3.05, 3.63) is 51.5 Å². The van der Waals surface area contributed by atoms with Crippen molar-refractivity contribution in [2.45, 2.75) is 13.8 Å². The Kier molecular flexibility index (Phi) is 4.53. The second-order valence-electron chi connectivity index (χ2n) is 4.85. The molecule has 0 saturated carbocycles. The number of methoxy groups -OCH3 is 1. The molecule has 0 aliphatic heterocycles. The second-order valence-corrected chi connectivity index (χ2v) is 5.64. The first-order chi connectivity index (χ1) is 9.92. The Morgan fingerprint density at radius 2 is 1.81 bits per heavy atom. The normalized spacial score (nSPS) is 10.3. The number of nitrogens with one attached hydrogen (secondary N) is 1. The van der Waals surface area contributed by atoms with E-state index in [1.165, 1.54) is 7.11 Å². The zero-order valence-electron chi connectivity index (χ0n) is 12.2. The zero-order chi connectivity index (χ0) is 15.6. The first-order valence-electron chi connectivity index (χ1n) is 6.44. The van der Waals surface area contributed by atoms with Gasteiger partial charge >= 0.3 is 5.97 Å². The summed E-state index contributed by atoms with van der Waals surface area (Å²) in [6, 6.07) is 9.14. The maximum Gasteiger partial charge on any atom is 0.340 e. The van der Waals surface area contributed by atoms with Crippen molar-refractivity contribution >= 4 is 39.0 Å². The van der Waals surface area contributed by atoms with E-state index in [9.17, 15) is 4.79 Å². The van der Waals surface area contributed by atoms with E-state index in [1.54, 1.807) is 18.2 Å². The van der Waals surface area contributed by atoms with Crippen LogP contribution in [0.1, 0.15) is 21.5 Å². The van der Waals surface area contributed by atoms with Crippen molar-refractivity contribution < 1.29 is 9.53 Å². The molecule has 2 aromatic carbocycles. The molecule has 0 amide bonds. The van der Waals surface area contributed by atoms with Crippen LogP contribution >= 0.6 is 15.9 Å². The van der Waals surface area contributed by atoms with Gasteiger partial charge in [0.1, 0.15) is 0 Å². The average Bonchev–Trinajstić information content (AvgIpc) is 2.45. The number of rotatable bonds is 3. The summed E-state index contributed by atoms with van der Waals surface area (Å²) in [6.45, 7) is 4.04. The fourth-order valence-corrected chi connectivity index (χ4v) is 2.35. The summed E-state index contributed by atoms with van der Waals surface area (Å²) in [6.07, 6.45) is 0. The maximum absolute atomic E-state index is 11.8. The molecule has 2 aromatic rings. The fraction of sp³-hybridized carbons (Fsp3) is 0.188. The van der Waals surface area contributed by atoms with Crippen LogP contribution < -0.4 is 11.1 Å². The molecule has 0 aliphatic rings. The molecule has 4 nitrogen and oxygen atoms in total. The van der Waals surface area contributed by atoms with Crippen molar-refractivity contribution in [3.63, 3.8) is 0 Å². The van der Waals surface area contributed by atoms with E-state index in [1.807, 2.05) is 26.0 Å². The number of anilines is 3. The Labute approximate surface area is 132 Å². The number of carbonyl (C=O) groups is 1. The van der Waals surface area contributed by atoms with Crippen molar-refractivity contribution in [3.8, 4) is 0 Å². The number of hydrogen-bond acceptors (Lipinski definition) is 4. The van der Waals surface area contributed by atoms with Crippen molar-refractivity contribution in [2.75, 3.05) is 18.2 Å². The summed E-state index contributed by atoms with van der Waals surface area (Å²) in [7, 11) is 1.35. The lowest BCUT2D eigenvalue weighted by Gasteiger charge is -2.14. The number of hydrogen-bond donors (Lipinski definition) is 2. The van der Waals surface area contributed by atoms with Crippen LogP contribution in [0.15, 0.2) is 34.8 Å². The minimum atomic E-state index is -0.421. The number of nitrogens with two attached hydrogens (primary N) is 1. The minimum absolute atomic E-state index is 0.413. The summed E-state index contributed by atoms with van der Waals surface area (Å²) in [4.78, 5) is 11.8. The van der Waals surface area contributed by atoms with Crippen molar-refractivity contribution in [1.82, 2.24) is 0 Å². The Morgan fingerprint density at radius 3 is 2.38 bits per heavy atom. The predicted molar refractivity (Wildman–Crippen MR) is 89.1 cm³/mol. The molecule has 110 valence electrons. The molecule has 5 heteroatoms. The van der Waals surface area contributed by atoms with Gasteiger partial charge in [-0.15, -0.1) is 0 Å². The van der Waals surface area contributed by atoms with Crippen LogP contribution in [0, 0.1) is 13.8 Å². The monoisotopic (exact) mass is 348 g/mol. The van der Waals surface area contributed by atoms with Gasteiger partial charge in [0.2, 0.25) is 0 Å². The lowest BCUT2D eigenvalue weighted by Crippen LogP contribution is -2.06. The number of nitrogen functional groups attached to an aromatic ring is 1. The highest BCUT2D eigenvalue weighted by Gasteiger charge is 2.13. The van der Waals surface area contributed by atoms with Crippen LogP contribution in [-0.2, 0) is 4.74 Å². The standard InChI is InChI=1S/C16H17BrN2O2/c1-9-6-12(7-10(2)15(9)17)19-14-5-4-11(18)8-13(14)16(20)21-3/h4-8,19H,18H2,1-3H3. The third kappa shape index (κ3) is 3.36. The summed E-state index contributed by atoms with van der Waals surface area (Å²) >= 11 is 3.54. The Morgan fingerprint density at radius 1 is 1.19 bits per heavy atom. The summed E-state index contributed by atoms with van der Waals surface area (Å²) in [5.74, 6) is -0.421. The minimum Gasteiger partial charge on any atom is -0.465 e. The molecule has 3 N–H and O–H groups in total. The van der Waals surface area contributed by atoms with Gasteiger partial charge in [0, 0.05) is 15.8 Å². The van der Waals surface area contributed by atoms with Gasteiger partial charge in [0.15, 0.2) is 0 Å². The molecule has 0 saturated heterocycles. The van der Waals surface area contributed by atoms with Crippen LogP contribution in [0.3, 0.4) is 0 Å². The van der Waals surface area contributed by atoms with Crippen LogP contribution in [0.25, 0.3) is 0 Å². The first kappa shape index (κ1) is 15.4. The molecule has 0 radical (unpaired) electrons. The second kappa shape index (κ2) is 6.18. The molecule has 0 fully saturated rings. The van der Waals surface area contributed by atoms with Crippen LogP contribution in [-0.4, -0.2) is 13.1 Å². The van der Waals surface area contributed by atoms with E-state index < -0.39 is 5.97 Å². The smallest absolute Gasteiger partial charge is 0.340 e. The van der Waals surface area contributed by atoms with Crippen LogP contribution in [0.4, 0.5) is 17.1 Å². The molecule has 0 spiro atoms. The number of aryl methyl sites for hydroxylation is 2. The molecule has 0 heterocycles. The molecule has 2 rings (SSSR count). The largest absolute Gasteiger partial charge is 0.465 e. The molecule has 0 atom stereocenters. The van der Waals surface area contributed by atoms with Gasteiger partial charge in [0.25, 0.3) is 0 Å². The van der Waals surface area contributed by atoms with Gasteiger partial charge in [-0.05, 0) is 55.3 Å². The predicted octanol–water partition coefficient (Wildman–Crippen LogP) is 4.18. The van der Waals surface area contributed by atoms with E-state index in [0.29, 0.717) is 16.9 Å². The quantitative estimate of drug-likeness (QED) is 0.645. The third-order valence-corrected chi connectivity index (χ3v) is 4.42. The van der Waals surface area contributed by atoms with Crippen molar-refractivity contribution in [2.24, 2.45) is 0 Å². The van der Waals surface area contributed by atoms with Gasteiger partial charge in [0.05, 0.1) is 18.4 Å². The van der Waals surface area contributed by atoms with Gasteiger partial charge in [-0.25, -0.2) is 4.79 Å². The summed E-state index contributed by atoms with van der Waals surface area (Å²) < 4.78 is 5.88. The van der Waals surface area contributed by atoms with E-state index in [4.69, 9.17) is 10.5 Å². The third-order valence-electron chi connectivity index (χ3n) is 3.16. The van der Waals surface area contributed by atoms with Crippen LogP contribution in [0.2, 0.25) is 0 Å². The number of halogens is 1. The molecule has 0 aliphatic carbocycles. The first-order valence-corrected chi connectivity index (χ1v) is 7.23. The topological polar surface area (TPSA) is 64.3 Å². The zero-order valence-corrected chi connectivity index (χ0v) is 13.7. The fourth-order valence-electron chi connectivity index (χ4n) is 2.12. The highest BCUT2D eigenvalue weighted by Crippen LogP contribution is 2.29. The van der Waals surface area contributed by atoms with Crippen LogP contribution in [0.5, 0.6) is 0 Å². The van der Waals surface area contributed by atoms with Crippen molar-refractivity contribution in [1.29, 1.82) is 0 Å². The van der Waals surface area contributed by atoms with E-state index >= 15 is 0 Å². The SMILES string of the molecule is COC(=O)c1cc(N)ccc1Nc1cc(C)c(Br)c(C)c1. The molecular weight excluding hydrogens is 332 g/mol. The van der Waals surface area contributed by atoms with Gasteiger partial charge in [-0.3, -0.25) is 0 Å². The average molecular weight is 349 g/mol. The number of benzene rings is 2. The lowest BCUT2D eigenvalue weighted by atomic mass is 10.1. The molecule has 0 unspecified atom stereocenters. The molecule has 0 aromatic heterocycles. The van der Waals surface area contributed by atoms with E-state index in [2.05, 4.69) is 21.2 Å². The number of ether oxygens (including phenoxy) is 1. The highest BCUT2D eigenvalue weighted by atomic mass is 79.9. The maximum atomic E-state index is 11.8. The summed E-state index contributed by atoms with van der Waals surface area (Å²) in [5, 5.41) is 3.25. The van der Waals surface area contributed by atoms with E-state index in [-0.39, 0.29) is 0 Å². The Balaban J connectivity index is 2.42. The number of carbonyl (C=O) groups excluding carboxylic acids is 1. The number of esters is 1. The summed E-state index contributed by atoms with van der Waals surface area (Å²) in [5.41, 5.74) is 10.5. The molecule has 0 bridgehead atoms. The lowest BCUT2D eigenvalue weighted by molar-refractivity contribution is 0.0602. The Bertz CT molecular complexity index is 676.